The molecule has 0 saturated heterocycles. The Morgan fingerprint density at radius 1 is 0.317 bits per heavy atom. The molecule has 0 saturated carbocycles. The summed E-state index contributed by atoms with van der Waals surface area (Å²) in [5.41, 5.74) is 5.61. The molecule has 0 atom stereocenters. The second kappa shape index (κ2) is 12.8. The van der Waals surface area contributed by atoms with Gasteiger partial charge in [0.15, 0.2) is 0 Å². The summed E-state index contributed by atoms with van der Waals surface area (Å²) in [6.45, 7) is 0. The van der Waals surface area contributed by atoms with Gasteiger partial charge in [-0.2, -0.15) is 0 Å². The van der Waals surface area contributed by atoms with Gasteiger partial charge >= 0.3 is 0 Å². The topological polar surface area (TPSA) is 26.3 Å². The maximum atomic E-state index is 9.95. The molecule has 0 aliphatic carbocycles. The second-order valence-corrected chi connectivity index (χ2v) is 14.8. The Kier molecular flexibility index (Phi) is 4.74. The monoisotopic (exact) mass is 776 g/mol. The van der Waals surface area contributed by atoms with Crippen molar-refractivity contribution in [3.8, 4) is 44.5 Å². The van der Waals surface area contributed by atoms with E-state index in [0.717, 1.165) is 32.7 Å². The quantitative estimate of drug-likeness (QED) is 0.166. The van der Waals surface area contributed by atoms with Crippen molar-refractivity contribution < 1.29 is 28.0 Å². The van der Waals surface area contributed by atoms with Crippen molar-refractivity contribution in [2.45, 2.75) is 0 Å². The van der Waals surface area contributed by atoms with E-state index in [2.05, 4.69) is 0 Å². The van der Waals surface area contributed by atoms with Crippen molar-refractivity contribution in [2.24, 2.45) is 0 Å². The zero-order valence-electron chi connectivity index (χ0n) is 45.4. The van der Waals surface area contributed by atoms with Crippen LogP contribution in [0.3, 0.4) is 0 Å². The third-order valence-corrected chi connectivity index (χ3v) is 11.5. The summed E-state index contributed by atoms with van der Waals surface area (Å²) in [7, 11) is 0. The minimum Gasteiger partial charge on any atom is -0.456 e. The van der Waals surface area contributed by atoms with Gasteiger partial charge in [0.1, 0.15) is 22.3 Å². The fourth-order valence-electron chi connectivity index (χ4n) is 8.94. The summed E-state index contributed by atoms with van der Waals surface area (Å²) in [4.78, 5) is 0. The fourth-order valence-corrected chi connectivity index (χ4v) is 8.94. The number of rotatable bonds is 4. The highest BCUT2D eigenvalue weighted by molar-refractivity contribution is 6.24. The molecule has 0 unspecified atom stereocenters. The van der Waals surface area contributed by atoms with E-state index >= 15 is 0 Å². The first-order valence-electron chi connectivity index (χ1n) is 26.4. The molecule has 0 amide bonds. The van der Waals surface area contributed by atoms with Gasteiger partial charge in [0.25, 0.3) is 0 Å². The molecule has 0 aliphatic heterocycles. The van der Waals surface area contributed by atoms with Gasteiger partial charge in [0.2, 0.25) is 0 Å². The molecule has 13 rings (SSSR count). The molecule has 0 fully saturated rings. The van der Waals surface area contributed by atoms with Crippen LogP contribution in [-0.4, -0.2) is 0 Å². The van der Waals surface area contributed by atoms with Crippen LogP contribution >= 0.6 is 0 Å². The Bertz CT molecular complexity index is 4430. The van der Waals surface area contributed by atoms with Gasteiger partial charge in [0, 0.05) is 21.5 Å². The van der Waals surface area contributed by atoms with E-state index in [4.69, 9.17) is 19.8 Å². The molecule has 0 radical (unpaired) electrons. The van der Waals surface area contributed by atoms with E-state index in [1.165, 1.54) is 0 Å². The Morgan fingerprint density at radius 3 is 1.23 bits per heavy atom. The molecule has 2 nitrogen and oxygen atoms in total. The van der Waals surface area contributed by atoms with E-state index in [9.17, 15) is 8.22 Å². The number of benzene rings is 11. The molecule has 13 aromatic rings. The number of para-hydroxylation sites is 2. The predicted octanol–water partition coefficient (Wildman–Crippen LogP) is 16.8. The van der Waals surface area contributed by atoms with Gasteiger partial charge in [-0.3, -0.25) is 0 Å². The molecule has 11 aromatic carbocycles. The zero-order chi connectivity index (χ0) is 51.5. The summed E-state index contributed by atoms with van der Waals surface area (Å²) >= 11 is 0. The smallest absolute Gasteiger partial charge is 0.136 e. The van der Waals surface area contributed by atoms with Gasteiger partial charge in [0.05, 0.1) is 19.2 Å². The van der Waals surface area contributed by atoms with E-state index < -0.39 is 84.6 Å². The van der Waals surface area contributed by atoms with E-state index in [-0.39, 0.29) is 43.8 Å². The molecule has 0 spiro atoms. The summed E-state index contributed by atoms with van der Waals surface area (Å²) in [5.74, 6) is 0. The third kappa shape index (κ3) is 4.95. The lowest BCUT2D eigenvalue weighted by molar-refractivity contribution is 0.668. The van der Waals surface area contributed by atoms with Crippen molar-refractivity contribution in [3.63, 3.8) is 0 Å². The van der Waals surface area contributed by atoms with Crippen LogP contribution in [-0.2, 0) is 0 Å². The van der Waals surface area contributed by atoms with Gasteiger partial charge in [-0.05, 0) is 136 Å². The number of hydrogen-bond donors (Lipinski definition) is 0. The summed E-state index contributed by atoms with van der Waals surface area (Å²) in [5, 5.41) is 3.66. The van der Waals surface area contributed by atoms with E-state index in [1.54, 1.807) is 12.1 Å². The average Bonchev–Trinajstić information content (AvgIpc) is 4.03. The van der Waals surface area contributed by atoms with Crippen LogP contribution in [0.4, 0.5) is 0 Å². The van der Waals surface area contributed by atoms with Crippen molar-refractivity contribution in [1.82, 2.24) is 0 Å². The van der Waals surface area contributed by atoms with Crippen LogP contribution in [0.1, 0.15) is 19.2 Å². The van der Waals surface area contributed by atoms with Crippen molar-refractivity contribution in [2.75, 3.05) is 0 Å². The first-order valence-corrected chi connectivity index (χ1v) is 19.4. The maximum Gasteiger partial charge on any atom is 0.136 e. The van der Waals surface area contributed by atoms with E-state index in [0.29, 0.717) is 55.0 Å². The maximum absolute atomic E-state index is 9.95. The van der Waals surface area contributed by atoms with Crippen molar-refractivity contribution in [1.29, 1.82) is 0 Å². The summed E-state index contributed by atoms with van der Waals surface area (Å²) < 4.78 is 141. The second-order valence-electron chi connectivity index (χ2n) is 14.8. The molecule has 60 heavy (non-hydrogen) atoms. The summed E-state index contributed by atoms with van der Waals surface area (Å²) in [6, 6.07) is 30.1. The van der Waals surface area contributed by atoms with Crippen molar-refractivity contribution in [3.05, 3.63) is 206 Å². The Morgan fingerprint density at radius 2 is 0.750 bits per heavy atom. The van der Waals surface area contributed by atoms with Crippen LogP contribution in [0.25, 0.3) is 131 Å². The van der Waals surface area contributed by atoms with Crippen LogP contribution in [0.5, 0.6) is 0 Å². The lowest BCUT2D eigenvalue weighted by Gasteiger charge is -2.20. The third-order valence-electron chi connectivity index (χ3n) is 11.5. The molecule has 2 heterocycles. The average molecular weight is 777 g/mol. The fraction of sp³-hybridized carbons (Fsp3) is 0. The normalized spacial score (nSPS) is 15.3. The molecule has 2 heteroatoms. The van der Waals surface area contributed by atoms with Crippen LogP contribution in [0, 0.1) is 0 Å². The van der Waals surface area contributed by atoms with E-state index in [1.807, 2.05) is 109 Å². The standard InChI is InChI=1S/C58H34O2/c1-3-13-37-31-41(25-23-35(37)11-1)55-45-29-27-40(44-18-10-22-54-58(44)48-16-6-8-20-52(48)60-54)34-50(45)56(42-26-24-36-12-2-4-14-38(36)32-42)46-30-28-39(33-49(46)55)43-17-9-21-53-57(43)47-15-5-7-19-51(47)59-53/h1-34H/i1D,2D,3D,4D,11D,12D,13D,14D,23D,24D,25D,26D,31D,32D. The first kappa shape index (κ1) is 22.3. The molecule has 0 bridgehead atoms. The highest BCUT2D eigenvalue weighted by atomic mass is 16.3. The van der Waals surface area contributed by atoms with Crippen LogP contribution < -0.4 is 0 Å². The van der Waals surface area contributed by atoms with Gasteiger partial charge in [-0.15, -0.1) is 0 Å². The number of hydrogen-bond acceptors (Lipinski definition) is 2. The first-order chi connectivity index (χ1) is 35.6. The molecule has 2 aromatic heterocycles. The SMILES string of the molecule is [2H]c1c([2H])c([2H])c2c([2H])c(-c3c4ccc(-c5cccc6oc7ccccc7c56)cc4c(-c4c([2H])c([2H])c5c([2H])c([2H])c([2H])c([2H])c5c4[2H])c4ccc(-c5cccc6oc7ccccc7c56)cc34)c([2H])c([2H])c2c1[2H]. The largest absolute Gasteiger partial charge is 0.456 e. The minimum atomic E-state index is -0.608. The Hall–Kier alpha value is -7.94. The highest BCUT2D eigenvalue weighted by Crippen LogP contribution is 2.48. The predicted molar refractivity (Wildman–Crippen MR) is 253 cm³/mol. The Balaban J connectivity index is 1.27. The molecule has 0 N–H and O–H groups in total. The number of furan rings is 2. The highest BCUT2D eigenvalue weighted by Gasteiger charge is 2.21. The summed E-state index contributed by atoms with van der Waals surface area (Å²) in [6.07, 6.45) is 0. The van der Waals surface area contributed by atoms with Gasteiger partial charge in [-0.1, -0.05) is 157 Å². The minimum absolute atomic E-state index is 0.111. The molecular weight excluding hydrogens is 729 g/mol. The lowest BCUT2D eigenvalue weighted by atomic mass is 9.83. The lowest BCUT2D eigenvalue weighted by Crippen LogP contribution is -1.93. The van der Waals surface area contributed by atoms with Gasteiger partial charge in [-0.25, -0.2) is 0 Å². The van der Waals surface area contributed by atoms with Crippen LogP contribution in [0.15, 0.2) is 215 Å². The number of fused-ring (bicyclic) bond motifs is 10. The van der Waals surface area contributed by atoms with Crippen LogP contribution in [0.2, 0.25) is 0 Å². The molecule has 0 aliphatic rings. The van der Waals surface area contributed by atoms with Gasteiger partial charge < -0.3 is 8.83 Å². The molecule has 278 valence electrons. The zero-order valence-corrected chi connectivity index (χ0v) is 31.4. The Labute approximate surface area is 364 Å². The molecular formula is C58H34O2. The van der Waals surface area contributed by atoms with Crippen molar-refractivity contribution >= 4 is 87.0 Å².